The molecule has 2 heterocycles. The second kappa shape index (κ2) is 5.48. The first-order valence-electron chi connectivity index (χ1n) is 5.61. The maximum absolute atomic E-state index is 12.2. The number of nitrogens with one attached hydrogen (secondary N) is 1. The molecule has 1 fully saturated rings. The largest absolute Gasteiger partial charge is 0.394 e. The molecule has 7 heteroatoms. The number of amides is 1. The summed E-state index contributed by atoms with van der Waals surface area (Å²) >= 11 is 11.6. The predicted octanol–water partition coefficient (Wildman–Crippen LogP) is 1.54. The highest BCUT2D eigenvalue weighted by Crippen LogP contribution is 2.23. The molecule has 0 aliphatic carbocycles. The highest BCUT2D eigenvalue weighted by molar-refractivity contribution is 6.41. The molecule has 5 nitrogen and oxygen atoms in total. The van der Waals surface area contributed by atoms with E-state index in [2.05, 4.69) is 4.98 Å². The molecule has 0 spiro atoms. The van der Waals surface area contributed by atoms with Gasteiger partial charge in [0.1, 0.15) is 10.8 Å². The minimum atomic E-state index is -0.349. The smallest absolute Gasteiger partial charge is 0.270 e. The summed E-state index contributed by atoms with van der Waals surface area (Å²) < 4.78 is 5.47. The van der Waals surface area contributed by atoms with Gasteiger partial charge in [-0.3, -0.25) is 4.79 Å². The molecule has 2 rings (SSSR count). The van der Waals surface area contributed by atoms with Crippen LogP contribution in [0, 0.1) is 0 Å². The van der Waals surface area contributed by atoms with Gasteiger partial charge in [-0.25, -0.2) is 0 Å². The number of aliphatic hydroxyl groups excluding tert-OH is 1. The van der Waals surface area contributed by atoms with Crippen molar-refractivity contribution in [3.05, 3.63) is 21.9 Å². The van der Waals surface area contributed by atoms with E-state index in [-0.39, 0.29) is 29.9 Å². The van der Waals surface area contributed by atoms with Crippen LogP contribution in [0.3, 0.4) is 0 Å². The Bertz CT molecular complexity index is 430. The normalized spacial score (nSPS) is 24.3. The number of H-pyrrole nitrogens is 1. The van der Waals surface area contributed by atoms with Crippen molar-refractivity contribution in [3.63, 3.8) is 0 Å². The van der Waals surface area contributed by atoms with Gasteiger partial charge in [-0.1, -0.05) is 23.2 Å². The molecule has 1 aromatic heterocycles. The zero-order valence-electron chi connectivity index (χ0n) is 9.82. The van der Waals surface area contributed by atoms with E-state index in [0.717, 1.165) is 0 Å². The average molecular weight is 293 g/mol. The molecule has 0 aromatic carbocycles. The number of halogens is 2. The number of morpholine rings is 1. The highest BCUT2D eigenvalue weighted by atomic mass is 35.5. The first kappa shape index (κ1) is 13.7. The molecule has 18 heavy (non-hydrogen) atoms. The molecular formula is C11H14Cl2N2O3. The number of ether oxygens (including phenoxy) is 1. The Morgan fingerprint density at radius 2 is 2.33 bits per heavy atom. The molecule has 2 N–H and O–H groups in total. The molecule has 1 saturated heterocycles. The molecule has 2 unspecified atom stereocenters. The molecule has 100 valence electrons. The van der Waals surface area contributed by atoms with Crippen LogP contribution in [0.1, 0.15) is 17.4 Å². The number of carbonyl (C=O) groups is 1. The summed E-state index contributed by atoms with van der Waals surface area (Å²) in [6.45, 7) is 2.58. The molecule has 1 aliphatic heterocycles. The Morgan fingerprint density at radius 3 is 2.89 bits per heavy atom. The molecule has 2 atom stereocenters. The van der Waals surface area contributed by atoms with E-state index in [1.54, 1.807) is 4.90 Å². The van der Waals surface area contributed by atoms with Gasteiger partial charge in [0, 0.05) is 13.1 Å². The van der Waals surface area contributed by atoms with Gasteiger partial charge in [-0.2, -0.15) is 0 Å². The number of carbonyl (C=O) groups excluding carboxylic acids is 1. The van der Waals surface area contributed by atoms with Crippen LogP contribution in [0.15, 0.2) is 6.07 Å². The number of aromatic nitrogens is 1. The number of hydrogen-bond acceptors (Lipinski definition) is 3. The zero-order valence-corrected chi connectivity index (χ0v) is 11.3. The molecule has 0 saturated carbocycles. The first-order chi connectivity index (χ1) is 8.51. The van der Waals surface area contributed by atoms with Crippen molar-refractivity contribution in [1.29, 1.82) is 0 Å². The van der Waals surface area contributed by atoms with Crippen molar-refractivity contribution in [2.24, 2.45) is 0 Å². The van der Waals surface area contributed by atoms with Crippen molar-refractivity contribution in [2.75, 3.05) is 19.7 Å². The van der Waals surface area contributed by atoms with E-state index in [4.69, 9.17) is 33.0 Å². The topological polar surface area (TPSA) is 65.6 Å². The van der Waals surface area contributed by atoms with Crippen LogP contribution in [-0.4, -0.2) is 52.8 Å². The molecule has 0 radical (unpaired) electrons. The zero-order chi connectivity index (χ0) is 13.3. The van der Waals surface area contributed by atoms with E-state index in [1.165, 1.54) is 6.07 Å². The second-order valence-electron chi connectivity index (χ2n) is 4.31. The predicted molar refractivity (Wildman–Crippen MR) is 68.1 cm³/mol. The van der Waals surface area contributed by atoms with Gasteiger partial charge in [-0.15, -0.1) is 0 Å². The molecule has 1 aromatic rings. The van der Waals surface area contributed by atoms with E-state index >= 15 is 0 Å². The summed E-state index contributed by atoms with van der Waals surface area (Å²) in [5.74, 6) is -0.197. The van der Waals surface area contributed by atoms with Crippen LogP contribution in [0.5, 0.6) is 0 Å². The lowest BCUT2D eigenvalue weighted by atomic mass is 10.2. The molecular weight excluding hydrogens is 279 g/mol. The lowest BCUT2D eigenvalue weighted by molar-refractivity contribution is -0.0859. The van der Waals surface area contributed by atoms with Crippen molar-refractivity contribution < 1.29 is 14.6 Å². The number of aromatic amines is 1. The van der Waals surface area contributed by atoms with E-state index < -0.39 is 0 Å². The van der Waals surface area contributed by atoms with Gasteiger partial charge in [0.2, 0.25) is 0 Å². The average Bonchev–Trinajstić information content (AvgIpc) is 2.68. The standard InChI is InChI=1S/C11H14Cl2N2O3/c1-6-3-15(4-7(5-16)18-6)11(17)9-2-8(12)10(13)14-9/h2,6-7,14,16H,3-5H2,1H3. The Labute approximate surface area is 115 Å². The Morgan fingerprint density at radius 1 is 1.61 bits per heavy atom. The summed E-state index contributed by atoms with van der Waals surface area (Å²) in [6, 6.07) is 1.50. The van der Waals surface area contributed by atoms with Gasteiger partial charge in [0.05, 0.1) is 23.8 Å². The highest BCUT2D eigenvalue weighted by Gasteiger charge is 2.29. The maximum Gasteiger partial charge on any atom is 0.270 e. The third-order valence-corrected chi connectivity index (χ3v) is 3.47. The molecule has 1 amide bonds. The van der Waals surface area contributed by atoms with Crippen LogP contribution >= 0.6 is 23.2 Å². The molecule has 0 bridgehead atoms. The van der Waals surface area contributed by atoms with Crippen LogP contribution in [0.2, 0.25) is 10.2 Å². The summed E-state index contributed by atoms with van der Waals surface area (Å²) in [7, 11) is 0. The minimum Gasteiger partial charge on any atom is -0.394 e. The van der Waals surface area contributed by atoms with Crippen LogP contribution in [0.25, 0.3) is 0 Å². The van der Waals surface area contributed by atoms with Crippen LogP contribution in [0.4, 0.5) is 0 Å². The summed E-state index contributed by atoms with van der Waals surface area (Å²) in [6.07, 6.45) is -0.459. The van der Waals surface area contributed by atoms with Gasteiger partial charge in [0.25, 0.3) is 5.91 Å². The fourth-order valence-corrected chi connectivity index (χ4v) is 2.31. The fourth-order valence-electron chi connectivity index (χ4n) is 2.00. The lowest BCUT2D eigenvalue weighted by Gasteiger charge is -2.35. The molecule has 1 aliphatic rings. The number of aliphatic hydroxyl groups is 1. The first-order valence-corrected chi connectivity index (χ1v) is 6.36. The minimum absolute atomic E-state index is 0.110. The van der Waals surface area contributed by atoms with Crippen LogP contribution in [-0.2, 0) is 4.74 Å². The van der Waals surface area contributed by atoms with Crippen molar-refractivity contribution in [3.8, 4) is 0 Å². The van der Waals surface area contributed by atoms with Crippen LogP contribution < -0.4 is 0 Å². The Kier molecular flexibility index (Phi) is 4.17. The lowest BCUT2D eigenvalue weighted by Crippen LogP contribution is -2.50. The quantitative estimate of drug-likeness (QED) is 0.869. The van der Waals surface area contributed by atoms with Gasteiger partial charge in [-0.05, 0) is 13.0 Å². The van der Waals surface area contributed by atoms with Crippen molar-refractivity contribution in [1.82, 2.24) is 9.88 Å². The third kappa shape index (κ3) is 2.80. The number of hydrogen-bond donors (Lipinski definition) is 2. The SMILES string of the molecule is CC1CN(C(=O)c2cc(Cl)c(Cl)[nH]2)CC(CO)O1. The number of rotatable bonds is 2. The summed E-state index contributed by atoms with van der Waals surface area (Å²) in [5.41, 5.74) is 0.343. The van der Waals surface area contributed by atoms with Gasteiger partial charge in [0.15, 0.2) is 0 Å². The Hall–Kier alpha value is -0.750. The summed E-state index contributed by atoms with van der Waals surface area (Å²) in [5, 5.41) is 9.68. The third-order valence-electron chi connectivity index (χ3n) is 2.77. The van der Waals surface area contributed by atoms with E-state index in [0.29, 0.717) is 23.8 Å². The monoisotopic (exact) mass is 292 g/mol. The van der Waals surface area contributed by atoms with E-state index in [1.807, 2.05) is 6.92 Å². The van der Waals surface area contributed by atoms with Gasteiger partial charge < -0.3 is 19.7 Å². The van der Waals surface area contributed by atoms with Gasteiger partial charge >= 0.3 is 0 Å². The Balaban J connectivity index is 2.13. The second-order valence-corrected chi connectivity index (χ2v) is 5.09. The fraction of sp³-hybridized carbons (Fsp3) is 0.545. The van der Waals surface area contributed by atoms with Crippen molar-refractivity contribution in [2.45, 2.75) is 19.1 Å². The summed E-state index contributed by atoms with van der Waals surface area (Å²) in [4.78, 5) is 16.6. The number of nitrogens with zero attached hydrogens (tertiary/aromatic N) is 1. The van der Waals surface area contributed by atoms with Crippen molar-refractivity contribution >= 4 is 29.1 Å². The maximum atomic E-state index is 12.2. The van der Waals surface area contributed by atoms with E-state index in [9.17, 15) is 4.79 Å².